The second-order valence-electron chi connectivity index (χ2n) is 13.4. The number of ether oxygens (including phenoxy) is 2. The van der Waals surface area contributed by atoms with Gasteiger partial charge < -0.3 is 19.5 Å². The molecule has 220 valence electrons. The van der Waals surface area contributed by atoms with E-state index in [-0.39, 0.29) is 47.2 Å². The average Bonchev–Trinajstić information content (AvgIpc) is 3.58. The molecule has 1 amide bonds. The first-order chi connectivity index (χ1) is 20.3. The van der Waals surface area contributed by atoms with Crippen LogP contribution in [0.3, 0.4) is 0 Å². The molecule has 7 atom stereocenters. The number of hydrogen-bond acceptors (Lipinski definition) is 6. The Morgan fingerprint density at radius 3 is 2.76 bits per heavy atom. The molecule has 1 spiro atoms. The molecule has 5 aliphatic rings. The summed E-state index contributed by atoms with van der Waals surface area (Å²) in [5.41, 5.74) is 3.03. The van der Waals surface area contributed by atoms with E-state index in [4.69, 9.17) is 9.47 Å². The second-order valence-corrected chi connectivity index (χ2v) is 13.4. The molecule has 2 heterocycles. The summed E-state index contributed by atoms with van der Waals surface area (Å²) in [6.07, 6.45) is 4.45. The molecule has 2 bridgehead atoms. The second kappa shape index (κ2) is 10.3. The highest BCUT2D eigenvalue weighted by molar-refractivity contribution is 5.94. The Hall–Kier alpha value is -3.50. The van der Waals surface area contributed by atoms with Crippen LogP contribution in [0.2, 0.25) is 0 Å². The summed E-state index contributed by atoms with van der Waals surface area (Å²) in [5, 5.41) is 11.0. The fraction of sp³-hybridized carbons (Fsp3) is 0.543. The van der Waals surface area contributed by atoms with Gasteiger partial charge in [-0.1, -0.05) is 44.0 Å². The van der Waals surface area contributed by atoms with Gasteiger partial charge in [0.25, 0.3) is 5.91 Å². The van der Waals surface area contributed by atoms with Gasteiger partial charge in [0.05, 0.1) is 6.04 Å². The minimum Gasteiger partial charge on any atom is -0.504 e. The largest absolute Gasteiger partial charge is 0.504 e. The third kappa shape index (κ3) is 4.46. The number of piperidine rings is 1. The van der Waals surface area contributed by atoms with Crippen molar-refractivity contribution < 1.29 is 24.2 Å². The number of phenols is 1. The monoisotopic (exact) mass is 568 g/mol. The lowest BCUT2D eigenvalue weighted by Crippen LogP contribution is -2.69. The summed E-state index contributed by atoms with van der Waals surface area (Å²) >= 11 is 0. The van der Waals surface area contributed by atoms with Gasteiger partial charge in [0, 0.05) is 54.4 Å². The van der Waals surface area contributed by atoms with Crippen molar-refractivity contribution in [2.75, 3.05) is 19.6 Å². The van der Waals surface area contributed by atoms with E-state index in [0.717, 1.165) is 50.8 Å². The van der Waals surface area contributed by atoms with Crippen LogP contribution in [-0.4, -0.2) is 70.7 Å². The van der Waals surface area contributed by atoms with Crippen LogP contribution in [0.1, 0.15) is 63.1 Å². The van der Waals surface area contributed by atoms with Crippen molar-refractivity contribution in [1.82, 2.24) is 9.80 Å². The summed E-state index contributed by atoms with van der Waals surface area (Å²) in [5.74, 6) is 7.55. The van der Waals surface area contributed by atoms with Crippen molar-refractivity contribution in [2.45, 2.75) is 82.6 Å². The van der Waals surface area contributed by atoms with E-state index in [0.29, 0.717) is 30.2 Å². The Morgan fingerprint density at radius 2 is 2.00 bits per heavy atom. The van der Waals surface area contributed by atoms with Crippen LogP contribution in [0.25, 0.3) is 0 Å². The molecule has 3 fully saturated rings. The van der Waals surface area contributed by atoms with Gasteiger partial charge >= 0.3 is 5.97 Å². The predicted molar refractivity (Wildman–Crippen MR) is 158 cm³/mol. The lowest BCUT2D eigenvalue weighted by Gasteiger charge is -2.60. The molecule has 42 heavy (non-hydrogen) atoms. The Kier molecular flexibility index (Phi) is 6.73. The molecule has 2 aromatic rings. The number of esters is 1. The summed E-state index contributed by atoms with van der Waals surface area (Å²) < 4.78 is 12.3. The molecule has 3 aliphatic carbocycles. The average molecular weight is 569 g/mol. The molecule has 7 nitrogen and oxygen atoms in total. The normalized spacial score (nSPS) is 31.8. The summed E-state index contributed by atoms with van der Waals surface area (Å²) in [6.45, 7) is 8.25. The summed E-state index contributed by atoms with van der Waals surface area (Å²) in [4.78, 5) is 29.9. The smallest absolute Gasteiger partial charge is 0.302 e. The Morgan fingerprint density at radius 1 is 1.19 bits per heavy atom. The number of amides is 1. The van der Waals surface area contributed by atoms with Gasteiger partial charge in [-0.25, -0.2) is 0 Å². The van der Waals surface area contributed by atoms with E-state index in [1.165, 1.54) is 18.1 Å². The van der Waals surface area contributed by atoms with Gasteiger partial charge in [-0.15, -0.1) is 0 Å². The zero-order chi connectivity index (χ0) is 29.2. The van der Waals surface area contributed by atoms with Crippen LogP contribution < -0.4 is 4.74 Å². The van der Waals surface area contributed by atoms with Gasteiger partial charge in [0.2, 0.25) is 0 Å². The van der Waals surface area contributed by atoms with Crippen molar-refractivity contribution >= 4 is 11.9 Å². The van der Waals surface area contributed by atoms with E-state index in [1.807, 2.05) is 35.2 Å². The summed E-state index contributed by atoms with van der Waals surface area (Å²) in [7, 11) is 0. The van der Waals surface area contributed by atoms with Crippen LogP contribution in [0, 0.1) is 29.6 Å². The molecule has 2 unspecified atom stereocenters. The Bertz CT molecular complexity index is 1460. The molecule has 2 aromatic carbocycles. The van der Waals surface area contributed by atoms with Crippen molar-refractivity contribution in [1.29, 1.82) is 0 Å². The van der Waals surface area contributed by atoms with Gasteiger partial charge in [0.15, 0.2) is 11.5 Å². The summed E-state index contributed by atoms with van der Waals surface area (Å²) in [6, 6.07) is 13.7. The molecular weight excluding hydrogens is 528 g/mol. The maximum absolute atomic E-state index is 13.8. The first-order valence-electron chi connectivity index (χ1n) is 15.6. The number of phenolic OH excluding ortho intramolecular Hbond substituents is 1. The molecule has 7 rings (SSSR count). The van der Waals surface area contributed by atoms with Gasteiger partial charge in [-0.3, -0.25) is 14.5 Å². The fourth-order valence-corrected chi connectivity index (χ4v) is 8.70. The lowest BCUT2D eigenvalue weighted by atomic mass is 9.51. The van der Waals surface area contributed by atoms with Gasteiger partial charge in [0.1, 0.15) is 12.2 Å². The number of nitrogens with zero attached hydrogens (tertiary/aromatic N) is 2. The highest BCUT2D eigenvalue weighted by Gasteiger charge is 2.67. The van der Waals surface area contributed by atoms with Crippen LogP contribution in [0.15, 0.2) is 42.5 Å². The molecule has 0 radical (unpaired) electrons. The number of carbonyl (C=O) groups excluding carboxylic acids is 2. The molecule has 1 N–H and O–H groups in total. The number of hydrogen-bond donors (Lipinski definition) is 1. The van der Waals surface area contributed by atoms with E-state index < -0.39 is 0 Å². The maximum atomic E-state index is 13.8. The van der Waals surface area contributed by atoms with E-state index >= 15 is 0 Å². The van der Waals surface area contributed by atoms with Crippen molar-refractivity contribution in [2.24, 2.45) is 17.8 Å². The first kappa shape index (κ1) is 27.3. The third-order valence-electron chi connectivity index (χ3n) is 10.4. The van der Waals surface area contributed by atoms with Crippen molar-refractivity contribution in [3.05, 3.63) is 59.2 Å². The van der Waals surface area contributed by atoms with Crippen molar-refractivity contribution in [3.63, 3.8) is 0 Å². The highest BCUT2D eigenvalue weighted by Crippen LogP contribution is 2.64. The maximum Gasteiger partial charge on any atom is 0.302 e. The Balaban J connectivity index is 1.22. The molecule has 7 heteroatoms. The quantitative estimate of drug-likeness (QED) is 0.414. The predicted octanol–water partition coefficient (Wildman–Crippen LogP) is 4.29. The number of benzene rings is 2. The molecule has 2 saturated carbocycles. The minimum absolute atomic E-state index is 0.0451. The molecule has 0 aromatic heterocycles. The van der Waals surface area contributed by atoms with Crippen LogP contribution >= 0.6 is 0 Å². The number of rotatable bonds is 6. The lowest BCUT2D eigenvalue weighted by molar-refractivity contribution is -0.142. The molecule has 1 saturated heterocycles. The Labute approximate surface area is 248 Å². The van der Waals surface area contributed by atoms with E-state index in [1.54, 1.807) is 6.07 Å². The number of aromatic hydroxyl groups is 1. The van der Waals surface area contributed by atoms with Crippen LogP contribution in [-0.2, 0) is 26.2 Å². The zero-order valence-electron chi connectivity index (χ0n) is 24.7. The standard InChI is InChI=1S/C35H40N2O5/c1-21(2)19-37(31(40)14-9-23-7-5-4-6-8-23)27-12-11-26-28-17-24-10-13-29(39)33-32(24)35(26,34(27)42-33)15-16-36(28)20-25-18-30(25)41-22(3)38/h4-8,10,13,21,25-28,30,34,39H,11-12,15-20H2,1-3H3/t25?,26-,27+,28+,30?,34-,35-/m0/s1. The minimum atomic E-state index is -0.243. The number of likely N-dealkylation sites (tertiary alicyclic amines) is 1. The first-order valence-corrected chi connectivity index (χ1v) is 15.6. The topological polar surface area (TPSA) is 79.3 Å². The fourth-order valence-electron chi connectivity index (χ4n) is 8.70. The van der Waals surface area contributed by atoms with E-state index in [2.05, 4.69) is 36.7 Å². The number of carbonyl (C=O) groups is 2. The van der Waals surface area contributed by atoms with Crippen molar-refractivity contribution in [3.8, 4) is 23.3 Å². The SMILES string of the molecule is CC(=O)OC1CC1CN1CC[C@]23c4c5ccc(O)c4O[C@H]2[C@H](N(CC(C)C)C(=O)C#Cc2ccccc2)CC[C@H]3[C@H]1C5. The third-order valence-corrected chi connectivity index (χ3v) is 10.4. The zero-order valence-corrected chi connectivity index (χ0v) is 24.7. The van der Waals surface area contributed by atoms with Gasteiger partial charge in [-0.2, -0.15) is 0 Å². The van der Waals surface area contributed by atoms with Gasteiger partial charge in [-0.05, 0) is 74.2 Å². The molecule has 2 aliphatic heterocycles. The molecular formula is C35H40N2O5. The van der Waals surface area contributed by atoms with Crippen LogP contribution in [0.5, 0.6) is 11.5 Å². The van der Waals surface area contributed by atoms with Crippen LogP contribution in [0.4, 0.5) is 0 Å². The highest BCUT2D eigenvalue weighted by atomic mass is 16.5. The van der Waals surface area contributed by atoms with E-state index in [9.17, 15) is 14.7 Å².